The first kappa shape index (κ1) is 32.4. The number of hydrogen-bond acceptors (Lipinski definition) is 8. The molecule has 1 aliphatic heterocycles. The highest BCUT2D eigenvalue weighted by atomic mass is 16.6. The summed E-state index contributed by atoms with van der Waals surface area (Å²) < 4.78 is 7.19. The highest BCUT2D eigenvalue weighted by molar-refractivity contribution is 6.01. The Morgan fingerprint density at radius 3 is 2.45 bits per heavy atom. The lowest BCUT2D eigenvalue weighted by atomic mass is 9.97. The van der Waals surface area contributed by atoms with Crippen molar-refractivity contribution in [2.75, 3.05) is 25.0 Å². The number of nitrogens with zero attached hydrogens (tertiary/aromatic N) is 7. The number of carbonyl (C=O) groups excluding carboxylic acids is 2. The second-order valence-electron chi connectivity index (χ2n) is 13.3. The van der Waals surface area contributed by atoms with Crippen LogP contribution in [0.15, 0.2) is 42.9 Å². The molecule has 3 amide bonds. The second-order valence-corrected chi connectivity index (χ2v) is 13.3. The zero-order valence-electron chi connectivity index (χ0n) is 26.9. The van der Waals surface area contributed by atoms with Crippen LogP contribution in [0.3, 0.4) is 0 Å². The van der Waals surface area contributed by atoms with Crippen LogP contribution in [0, 0.1) is 6.92 Å². The molecule has 1 atom stereocenters. The summed E-state index contributed by atoms with van der Waals surface area (Å²) in [5.74, 6) is -0.597. The molecular formula is C32H43N7O5. The molecule has 1 aromatic carbocycles. The highest BCUT2D eigenvalue weighted by Gasteiger charge is 2.32. The monoisotopic (exact) mass is 605 g/mol. The van der Waals surface area contributed by atoms with Gasteiger partial charge in [0.05, 0.1) is 36.2 Å². The standard InChI is InChI=1S/C32H43N7O5/c1-21-16-22(25-13-14-33-17-27(25)37-15-9-10-24(19-37)36(8)29(41)42)11-12-23(21)18-38(30(43)44-32(5,6)7)28(40)26-20-39(35-34-26)31(2,3)4/h11-14,16-17,20,24H,9-10,15,18-19H2,1-8H3,(H,41,42)/t24-/m0/s1. The Balaban J connectivity index is 1.63. The van der Waals surface area contributed by atoms with Gasteiger partial charge in [0.2, 0.25) is 0 Å². The van der Waals surface area contributed by atoms with Gasteiger partial charge in [0, 0.05) is 31.9 Å². The Labute approximate surface area is 258 Å². The fraction of sp³-hybridized carbons (Fsp3) is 0.500. The Hall–Kier alpha value is -4.48. The summed E-state index contributed by atoms with van der Waals surface area (Å²) in [5, 5.41) is 17.6. The fourth-order valence-electron chi connectivity index (χ4n) is 5.10. The molecule has 12 nitrogen and oxygen atoms in total. The molecular weight excluding hydrogens is 562 g/mol. The molecule has 1 saturated heterocycles. The minimum atomic E-state index is -0.938. The van der Waals surface area contributed by atoms with Crippen LogP contribution in [0.25, 0.3) is 11.1 Å². The van der Waals surface area contributed by atoms with Crippen LogP contribution in [0.2, 0.25) is 0 Å². The van der Waals surface area contributed by atoms with E-state index in [1.807, 2.05) is 58.2 Å². The lowest BCUT2D eigenvalue weighted by Crippen LogP contribution is -2.48. The van der Waals surface area contributed by atoms with Crippen molar-refractivity contribution in [3.05, 3.63) is 59.7 Å². The number of aromatic nitrogens is 4. The number of aryl methyl sites for hydroxylation is 1. The van der Waals surface area contributed by atoms with Crippen molar-refractivity contribution in [1.82, 2.24) is 29.8 Å². The van der Waals surface area contributed by atoms with Gasteiger partial charge in [-0.25, -0.2) is 19.2 Å². The van der Waals surface area contributed by atoms with E-state index in [4.69, 9.17) is 4.74 Å². The molecule has 0 spiro atoms. The van der Waals surface area contributed by atoms with E-state index in [-0.39, 0.29) is 23.8 Å². The predicted molar refractivity (Wildman–Crippen MR) is 167 cm³/mol. The third-order valence-electron chi connectivity index (χ3n) is 7.63. The van der Waals surface area contributed by atoms with Crippen molar-refractivity contribution >= 4 is 23.8 Å². The number of imide groups is 1. The number of carbonyl (C=O) groups is 3. The molecule has 0 saturated carbocycles. The van der Waals surface area contributed by atoms with E-state index in [1.165, 1.54) is 4.90 Å². The molecule has 2 aromatic heterocycles. The van der Waals surface area contributed by atoms with E-state index in [1.54, 1.807) is 44.9 Å². The lowest BCUT2D eigenvalue weighted by Gasteiger charge is -2.38. The van der Waals surface area contributed by atoms with Gasteiger partial charge in [-0.1, -0.05) is 23.4 Å². The van der Waals surface area contributed by atoms with Gasteiger partial charge in [0.15, 0.2) is 5.69 Å². The summed E-state index contributed by atoms with van der Waals surface area (Å²) in [6.07, 6.45) is 5.07. The number of ether oxygens (including phenoxy) is 1. The van der Waals surface area contributed by atoms with E-state index in [0.29, 0.717) is 6.54 Å². The van der Waals surface area contributed by atoms with E-state index in [9.17, 15) is 19.5 Å². The van der Waals surface area contributed by atoms with Gasteiger partial charge in [-0.15, -0.1) is 5.10 Å². The molecule has 0 unspecified atom stereocenters. The summed E-state index contributed by atoms with van der Waals surface area (Å²) in [6.45, 7) is 14.4. The molecule has 3 heterocycles. The van der Waals surface area contributed by atoms with E-state index < -0.39 is 23.7 Å². The molecule has 1 aliphatic rings. The van der Waals surface area contributed by atoms with Crippen LogP contribution in [-0.2, 0) is 16.8 Å². The minimum Gasteiger partial charge on any atom is -0.465 e. The molecule has 12 heteroatoms. The Bertz CT molecular complexity index is 1520. The number of anilines is 1. The van der Waals surface area contributed by atoms with Crippen molar-refractivity contribution in [2.45, 2.75) is 85.0 Å². The van der Waals surface area contributed by atoms with E-state index in [0.717, 1.165) is 52.2 Å². The number of rotatable bonds is 6. The van der Waals surface area contributed by atoms with Crippen LogP contribution < -0.4 is 4.90 Å². The molecule has 3 aromatic rings. The molecule has 0 aliphatic carbocycles. The predicted octanol–water partition coefficient (Wildman–Crippen LogP) is 5.56. The van der Waals surface area contributed by atoms with Crippen molar-refractivity contribution in [1.29, 1.82) is 0 Å². The minimum absolute atomic E-state index is 0.0131. The molecule has 44 heavy (non-hydrogen) atoms. The summed E-state index contributed by atoms with van der Waals surface area (Å²) in [7, 11) is 1.61. The van der Waals surface area contributed by atoms with Crippen LogP contribution in [0.4, 0.5) is 15.3 Å². The third kappa shape index (κ3) is 7.53. The summed E-state index contributed by atoms with van der Waals surface area (Å²) in [4.78, 5) is 47.5. The normalized spacial score (nSPS) is 15.5. The van der Waals surface area contributed by atoms with Gasteiger partial charge >= 0.3 is 12.2 Å². The largest absolute Gasteiger partial charge is 0.465 e. The van der Waals surface area contributed by atoms with Crippen molar-refractivity contribution < 1.29 is 24.2 Å². The van der Waals surface area contributed by atoms with E-state index in [2.05, 4.69) is 20.2 Å². The third-order valence-corrected chi connectivity index (χ3v) is 7.63. The smallest absolute Gasteiger partial charge is 0.417 e. The molecule has 0 bridgehead atoms. The SMILES string of the molecule is Cc1cc(-c2ccncc2N2CCC[C@H](N(C)C(=O)O)C2)ccc1CN(C(=O)OC(C)(C)C)C(=O)c1cn(C(C)(C)C)nn1. The molecule has 0 radical (unpaired) electrons. The van der Waals surface area contributed by atoms with Gasteiger partial charge < -0.3 is 19.6 Å². The quantitative estimate of drug-likeness (QED) is 0.383. The van der Waals surface area contributed by atoms with Crippen LogP contribution in [-0.4, -0.2) is 84.8 Å². The fourth-order valence-corrected chi connectivity index (χ4v) is 5.10. The Kier molecular flexibility index (Phi) is 9.31. The van der Waals surface area contributed by atoms with Gasteiger partial charge in [-0.3, -0.25) is 9.78 Å². The van der Waals surface area contributed by atoms with Crippen molar-refractivity contribution in [2.24, 2.45) is 0 Å². The maximum Gasteiger partial charge on any atom is 0.417 e. The van der Waals surface area contributed by atoms with Crippen LogP contribution >= 0.6 is 0 Å². The van der Waals surface area contributed by atoms with Gasteiger partial charge in [-0.05, 0) is 84.1 Å². The molecule has 236 valence electrons. The average Bonchev–Trinajstić information content (AvgIpc) is 3.46. The number of hydrogen-bond donors (Lipinski definition) is 1. The second kappa shape index (κ2) is 12.6. The Morgan fingerprint density at radius 1 is 1.11 bits per heavy atom. The highest BCUT2D eigenvalue weighted by Crippen LogP contribution is 2.34. The van der Waals surface area contributed by atoms with Gasteiger partial charge in [-0.2, -0.15) is 0 Å². The van der Waals surface area contributed by atoms with Gasteiger partial charge in [0.1, 0.15) is 5.60 Å². The number of pyridine rings is 1. The van der Waals surface area contributed by atoms with E-state index >= 15 is 0 Å². The van der Waals surface area contributed by atoms with Crippen molar-refractivity contribution in [3.63, 3.8) is 0 Å². The number of likely N-dealkylation sites (N-methyl/N-ethyl adjacent to an activating group) is 1. The van der Waals surface area contributed by atoms with Crippen LogP contribution in [0.1, 0.15) is 76.0 Å². The first-order valence-corrected chi connectivity index (χ1v) is 14.8. The number of carboxylic acid groups (broad SMARTS) is 1. The molecule has 1 fully saturated rings. The van der Waals surface area contributed by atoms with Crippen molar-refractivity contribution in [3.8, 4) is 11.1 Å². The topological polar surface area (TPSA) is 134 Å². The molecule has 4 rings (SSSR count). The number of amides is 3. The maximum absolute atomic E-state index is 13.6. The lowest BCUT2D eigenvalue weighted by molar-refractivity contribution is 0.0224. The summed E-state index contributed by atoms with van der Waals surface area (Å²) in [5.41, 5.74) is 3.35. The zero-order valence-corrected chi connectivity index (χ0v) is 26.9. The average molecular weight is 606 g/mol. The number of piperidine rings is 1. The van der Waals surface area contributed by atoms with Gasteiger partial charge in [0.25, 0.3) is 5.91 Å². The zero-order chi connectivity index (χ0) is 32.4. The summed E-state index contributed by atoms with van der Waals surface area (Å²) in [6, 6.07) is 7.72. The Morgan fingerprint density at radius 2 is 1.84 bits per heavy atom. The maximum atomic E-state index is 13.6. The molecule has 1 N–H and O–H groups in total. The first-order chi connectivity index (χ1) is 20.5. The first-order valence-electron chi connectivity index (χ1n) is 14.8. The number of benzene rings is 1. The summed E-state index contributed by atoms with van der Waals surface area (Å²) >= 11 is 0. The van der Waals surface area contributed by atoms with Crippen LogP contribution in [0.5, 0.6) is 0 Å².